The number of hydrogen-bond acceptors (Lipinski definition) is 2. The van der Waals surface area contributed by atoms with E-state index in [4.69, 9.17) is 0 Å². The molecule has 1 heterocycles. The number of benzene rings is 1. The molecule has 0 bridgehead atoms. The molecular formula is C14H11FOS. The largest absolute Gasteiger partial charge is 0.298 e. The van der Waals surface area contributed by atoms with Crippen LogP contribution in [0.25, 0.3) is 16.5 Å². The molecule has 2 rings (SSSR count). The lowest BCUT2D eigenvalue weighted by molar-refractivity contribution is -0.104. The van der Waals surface area contributed by atoms with Crippen LogP contribution < -0.4 is 0 Å². The standard InChI is InChI=1S/C14H11FOS/c1-10(9-16)8-13-6-7-14(17-13)11-2-4-12(15)5-3-11/h2-9H,1H3. The zero-order valence-electron chi connectivity index (χ0n) is 9.31. The zero-order chi connectivity index (χ0) is 12.3. The molecule has 1 aromatic carbocycles. The van der Waals surface area contributed by atoms with Crippen LogP contribution in [-0.4, -0.2) is 6.29 Å². The summed E-state index contributed by atoms with van der Waals surface area (Å²) in [6.07, 6.45) is 2.67. The molecule has 0 aliphatic heterocycles. The van der Waals surface area contributed by atoms with Crippen molar-refractivity contribution in [2.24, 2.45) is 0 Å². The van der Waals surface area contributed by atoms with Crippen LogP contribution in [0.2, 0.25) is 0 Å². The highest BCUT2D eigenvalue weighted by molar-refractivity contribution is 7.16. The Kier molecular flexibility index (Phi) is 3.49. The molecule has 1 nitrogen and oxygen atoms in total. The molecule has 0 saturated heterocycles. The number of carbonyl (C=O) groups is 1. The smallest absolute Gasteiger partial charge is 0.145 e. The third-order valence-electron chi connectivity index (χ3n) is 2.31. The van der Waals surface area contributed by atoms with Crippen LogP contribution in [0.3, 0.4) is 0 Å². The van der Waals surface area contributed by atoms with Crippen LogP contribution in [0, 0.1) is 5.82 Å². The minimum absolute atomic E-state index is 0.234. The van der Waals surface area contributed by atoms with Gasteiger partial charge in [-0.15, -0.1) is 11.3 Å². The Bertz CT molecular complexity index is 552. The van der Waals surface area contributed by atoms with Gasteiger partial charge in [0.05, 0.1) is 0 Å². The van der Waals surface area contributed by atoms with E-state index in [9.17, 15) is 9.18 Å². The lowest BCUT2D eigenvalue weighted by Gasteiger charge is -1.95. The molecule has 0 aliphatic carbocycles. The quantitative estimate of drug-likeness (QED) is 0.587. The summed E-state index contributed by atoms with van der Waals surface area (Å²) in [7, 11) is 0. The van der Waals surface area contributed by atoms with Crippen LogP contribution >= 0.6 is 11.3 Å². The predicted molar refractivity (Wildman–Crippen MR) is 69.4 cm³/mol. The molecule has 17 heavy (non-hydrogen) atoms. The topological polar surface area (TPSA) is 17.1 Å². The van der Waals surface area contributed by atoms with Crippen molar-refractivity contribution >= 4 is 23.7 Å². The van der Waals surface area contributed by atoms with E-state index in [1.165, 1.54) is 12.1 Å². The van der Waals surface area contributed by atoms with Crippen molar-refractivity contribution in [3.8, 4) is 10.4 Å². The maximum absolute atomic E-state index is 12.8. The van der Waals surface area contributed by atoms with Gasteiger partial charge in [0, 0.05) is 9.75 Å². The van der Waals surface area contributed by atoms with Crippen molar-refractivity contribution in [1.29, 1.82) is 0 Å². The van der Waals surface area contributed by atoms with Crippen LogP contribution in [-0.2, 0) is 4.79 Å². The van der Waals surface area contributed by atoms with Gasteiger partial charge in [-0.3, -0.25) is 4.79 Å². The van der Waals surface area contributed by atoms with E-state index in [0.29, 0.717) is 5.57 Å². The Hall–Kier alpha value is -1.74. The highest BCUT2D eigenvalue weighted by atomic mass is 32.1. The molecule has 0 atom stereocenters. The first-order chi connectivity index (χ1) is 8.19. The Morgan fingerprint density at radius 3 is 2.53 bits per heavy atom. The summed E-state index contributed by atoms with van der Waals surface area (Å²) in [5, 5.41) is 0. The number of hydrogen-bond donors (Lipinski definition) is 0. The van der Waals surface area contributed by atoms with E-state index < -0.39 is 0 Å². The minimum Gasteiger partial charge on any atom is -0.298 e. The molecule has 3 heteroatoms. The predicted octanol–water partition coefficient (Wildman–Crippen LogP) is 4.16. The van der Waals surface area contributed by atoms with Gasteiger partial charge in [0.15, 0.2) is 0 Å². The number of aldehydes is 1. The van der Waals surface area contributed by atoms with Gasteiger partial charge in [-0.05, 0) is 48.4 Å². The summed E-state index contributed by atoms with van der Waals surface area (Å²) in [4.78, 5) is 12.6. The highest BCUT2D eigenvalue weighted by Gasteiger charge is 2.02. The molecule has 0 spiro atoms. The van der Waals surface area contributed by atoms with Crippen molar-refractivity contribution in [1.82, 2.24) is 0 Å². The van der Waals surface area contributed by atoms with Crippen molar-refractivity contribution in [3.63, 3.8) is 0 Å². The van der Waals surface area contributed by atoms with Crippen LogP contribution in [0.4, 0.5) is 4.39 Å². The molecule has 0 N–H and O–H groups in total. The Labute approximate surface area is 103 Å². The van der Waals surface area contributed by atoms with Gasteiger partial charge in [-0.25, -0.2) is 4.39 Å². The average Bonchev–Trinajstić information content (AvgIpc) is 2.78. The summed E-state index contributed by atoms with van der Waals surface area (Å²) < 4.78 is 12.8. The first kappa shape index (κ1) is 11.7. The van der Waals surface area contributed by atoms with Crippen molar-refractivity contribution in [2.45, 2.75) is 6.92 Å². The van der Waals surface area contributed by atoms with Crippen molar-refractivity contribution in [3.05, 3.63) is 52.7 Å². The number of rotatable bonds is 3. The normalized spacial score (nSPS) is 11.5. The molecule has 0 fully saturated rings. The number of allylic oxidation sites excluding steroid dienone is 1. The molecule has 0 aliphatic rings. The van der Waals surface area contributed by atoms with Gasteiger partial charge < -0.3 is 0 Å². The Morgan fingerprint density at radius 1 is 1.18 bits per heavy atom. The second kappa shape index (κ2) is 5.06. The second-order valence-corrected chi connectivity index (χ2v) is 4.83. The molecule has 0 amide bonds. The molecule has 0 radical (unpaired) electrons. The number of carbonyl (C=O) groups excluding carboxylic acids is 1. The molecule has 86 valence electrons. The average molecular weight is 246 g/mol. The zero-order valence-corrected chi connectivity index (χ0v) is 10.1. The summed E-state index contributed by atoms with van der Waals surface area (Å²) >= 11 is 1.58. The lowest BCUT2D eigenvalue weighted by atomic mass is 10.2. The first-order valence-corrected chi connectivity index (χ1v) is 6.00. The summed E-state index contributed by atoms with van der Waals surface area (Å²) in [6, 6.07) is 10.3. The maximum Gasteiger partial charge on any atom is 0.145 e. The van der Waals surface area contributed by atoms with Gasteiger partial charge >= 0.3 is 0 Å². The summed E-state index contributed by atoms with van der Waals surface area (Å²) in [5.74, 6) is -0.234. The Balaban J connectivity index is 2.29. The van der Waals surface area contributed by atoms with Crippen LogP contribution in [0.15, 0.2) is 42.0 Å². The fourth-order valence-corrected chi connectivity index (χ4v) is 2.48. The fourth-order valence-electron chi connectivity index (χ4n) is 1.46. The highest BCUT2D eigenvalue weighted by Crippen LogP contribution is 2.29. The van der Waals surface area contributed by atoms with Gasteiger partial charge in [0.25, 0.3) is 0 Å². The van der Waals surface area contributed by atoms with E-state index in [2.05, 4.69) is 0 Å². The third-order valence-corrected chi connectivity index (χ3v) is 3.39. The van der Waals surface area contributed by atoms with Crippen LogP contribution in [0.1, 0.15) is 11.8 Å². The van der Waals surface area contributed by atoms with E-state index in [1.54, 1.807) is 30.4 Å². The molecule has 1 aromatic heterocycles. The van der Waals surface area contributed by atoms with E-state index in [0.717, 1.165) is 21.6 Å². The number of halogens is 1. The maximum atomic E-state index is 12.8. The first-order valence-electron chi connectivity index (χ1n) is 5.18. The van der Waals surface area contributed by atoms with Crippen LogP contribution in [0.5, 0.6) is 0 Å². The van der Waals surface area contributed by atoms with Gasteiger partial charge in [-0.1, -0.05) is 12.1 Å². The second-order valence-electron chi connectivity index (χ2n) is 3.72. The van der Waals surface area contributed by atoms with E-state index in [-0.39, 0.29) is 5.82 Å². The lowest BCUT2D eigenvalue weighted by Crippen LogP contribution is -1.74. The third kappa shape index (κ3) is 2.88. The summed E-state index contributed by atoms with van der Waals surface area (Å²) in [5.41, 5.74) is 1.68. The molecule has 0 saturated carbocycles. The van der Waals surface area contributed by atoms with E-state index >= 15 is 0 Å². The monoisotopic (exact) mass is 246 g/mol. The van der Waals surface area contributed by atoms with Crippen molar-refractivity contribution < 1.29 is 9.18 Å². The molecule has 0 unspecified atom stereocenters. The summed E-state index contributed by atoms with van der Waals surface area (Å²) in [6.45, 7) is 1.77. The van der Waals surface area contributed by atoms with Gasteiger partial charge in [0.1, 0.15) is 12.1 Å². The van der Waals surface area contributed by atoms with Gasteiger partial charge in [-0.2, -0.15) is 0 Å². The Morgan fingerprint density at radius 2 is 1.88 bits per heavy atom. The van der Waals surface area contributed by atoms with E-state index in [1.807, 2.05) is 18.2 Å². The molecular weight excluding hydrogens is 235 g/mol. The SMILES string of the molecule is CC(C=O)=Cc1ccc(-c2ccc(F)cc2)s1. The minimum atomic E-state index is -0.234. The molecule has 2 aromatic rings. The van der Waals surface area contributed by atoms with Gasteiger partial charge in [0.2, 0.25) is 0 Å². The fraction of sp³-hybridized carbons (Fsp3) is 0.0714. The number of thiophene rings is 1. The van der Waals surface area contributed by atoms with Crippen molar-refractivity contribution in [2.75, 3.05) is 0 Å².